The maximum absolute atomic E-state index is 12.7. The van der Waals surface area contributed by atoms with Gasteiger partial charge in [-0.25, -0.2) is 4.68 Å². The molecule has 2 aromatic carbocycles. The van der Waals surface area contributed by atoms with E-state index in [2.05, 4.69) is 46.7 Å². The first kappa shape index (κ1) is 19.3. The first-order valence-corrected chi connectivity index (χ1v) is 10.3. The Bertz CT molecular complexity index is 911. The van der Waals surface area contributed by atoms with Gasteiger partial charge in [0.05, 0.1) is 12.1 Å². The highest BCUT2D eigenvalue weighted by Crippen LogP contribution is 2.23. The van der Waals surface area contributed by atoms with Gasteiger partial charge in [-0.1, -0.05) is 42.0 Å². The zero-order valence-corrected chi connectivity index (χ0v) is 16.9. The fourth-order valence-electron chi connectivity index (χ4n) is 3.93. The topological polar surface area (TPSA) is 63.9 Å². The predicted molar refractivity (Wildman–Crippen MR) is 112 cm³/mol. The number of hydrogen-bond acceptors (Lipinski definition) is 4. The number of carbonyl (C=O) groups excluding carboxylic acids is 1. The molecule has 1 aliphatic heterocycles. The predicted octanol–water partition coefficient (Wildman–Crippen LogP) is 3.38. The summed E-state index contributed by atoms with van der Waals surface area (Å²) in [5, 5.41) is 11.2. The number of carbonyl (C=O) groups is 1. The summed E-state index contributed by atoms with van der Waals surface area (Å²) >= 11 is 0. The van der Waals surface area contributed by atoms with Crippen molar-refractivity contribution in [2.75, 3.05) is 13.1 Å². The van der Waals surface area contributed by atoms with E-state index in [1.54, 1.807) is 11.0 Å². The molecule has 2 heterocycles. The highest BCUT2D eigenvalue weighted by molar-refractivity contribution is 5.78. The van der Waals surface area contributed by atoms with Gasteiger partial charge in [-0.05, 0) is 72.2 Å². The van der Waals surface area contributed by atoms with Crippen LogP contribution in [0, 0.1) is 12.8 Å². The molecule has 29 heavy (non-hydrogen) atoms. The molecule has 1 amide bonds. The molecule has 6 heteroatoms. The van der Waals surface area contributed by atoms with E-state index in [1.165, 1.54) is 17.5 Å². The van der Waals surface area contributed by atoms with Crippen LogP contribution < -0.4 is 0 Å². The number of aryl methyl sites for hydroxylation is 2. The monoisotopic (exact) mass is 389 g/mol. The molecule has 3 aromatic rings. The van der Waals surface area contributed by atoms with Crippen molar-refractivity contribution < 1.29 is 4.79 Å². The molecule has 4 rings (SSSR count). The Morgan fingerprint density at radius 3 is 2.34 bits per heavy atom. The van der Waals surface area contributed by atoms with Crippen molar-refractivity contribution in [3.8, 4) is 5.69 Å². The van der Waals surface area contributed by atoms with Gasteiger partial charge in [0.25, 0.3) is 0 Å². The third kappa shape index (κ3) is 5.08. The fraction of sp³-hybridized carbons (Fsp3) is 0.391. The number of amides is 1. The Labute approximate surface area is 171 Å². The summed E-state index contributed by atoms with van der Waals surface area (Å²) in [6, 6.07) is 16.7. The molecule has 0 saturated carbocycles. The summed E-state index contributed by atoms with van der Waals surface area (Å²) in [5.41, 5.74) is 4.64. The lowest BCUT2D eigenvalue weighted by atomic mass is 9.90. The van der Waals surface area contributed by atoms with Gasteiger partial charge in [0.1, 0.15) is 6.33 Å². The fourth-order valence-corrected chi connectivity index (χ4v) is 3.93. The second-order valence-electron chi connectivity index (χ2n) is 7.95. The number of hydrogen-bond donors (Lipinski definition) is 0. The van der Waals surface area contributed by atoms with Crippen molar-refractivity contribution in [1.29, 1.82) is 0 Å². The first-order valence-electron chi connectivity index (χ1n) is 10.3. The lowest BCUT2D eigenvalue weighted by molar-refractivity contribution is -0.131. The molecule has 0 N–H and O–H groups in total. The second-order valence-corrected chi connectivity index (χ2v) is 7.95. The van der Waals surface area contributed by atoms with Gasteiger partial charge >= 0.3 is 0 Å². The lowest BCUT2D eigenvalue weighted by Crippen LogP contribution is -2.39. The summed E-state index contributed by atoms with van der Waals surface area (Å²) in [7, 11) is 0. The van der Waals surface area contributed by atoms with E-state index >= 15 is 0 Å². The van der Waals surface area contributed by atoms with Gasteiger partial charge in [0.15, 0.2) is 0 Å². The molecule has 0 spiro atoms. The normalized spacial score (nSPS) is 14.9. The van der Waals surface area contributed by atoms with Crippen LogP contribution in [0.1, 0.15) is 36.0 Å². The zero-order chi connectivity index (χ0) is 20.1. The SMILES string of the molecule is Cc1ccc(CCC2CCN(C(=O)Cc3ccc(-n4cnnn4)cc3)CC2)cc1. The van der Waals surface area contributed by atoms with Crippen molar-refractivity contribution in [3.63, 3.8) is 0 Å². The number of benzene rings is 2. The molecule has 1 aliphatic rings. The Balaban J connectivity index is 1.23. The minimum atomic E-state index is 0.220. The van der Waals surface area contributed by atoms with Crippen LogP contribution in [0.25, 0.3) is 5.69 Å². The van der Waals surface area contributed by atoms with E-state index in [4.69, 9.17) is 0 Å². The minimum Gasteiger partial charge on any atom is -0.342 e. The molecule has 0 aliphatic carbocycles. The van der Waals surface area contributed by atoms with Gasteiger partial charge in [-0.2, -0.15) is 0 Å². The molecule has 0 radical (unpaired) electrons. The molecule has 1 saturated heterocycles. The second kappa shape index (κ2) is 8.99. The molecule has 1 aromatic heterocycles. The molecule has 0 unspecified atom stereocenters. The Morgan fingerprint density at radius 2 is 1.69 bits per heavy atom. The van der Waals surface area contributed by atoms with E-state index in [-0.39, 0.29) is 5.91 Å². The largest absolute Gasteiger partial charge is 0.342 e. The zero-order valence-electron chi connectivity index (χ0n) is 16.9. The standard InChI is InChI=1S/C23H27N5O/c1-18-2-4-19(5-3-18)6-7-20-12-14-27(15-13-20)23(29)16-21-8-10-22(11-9-21)28-17-24-25-26-28/h2-5,8-11,17,20H,6-7,12-16H2,1H3. The number of piperidine rings is 1. The molecule has 150 valence electrons. The summed E-state index contributed by atoms with van der Waals surface area (Å²) in [4.78, 5) is 14.7. The van der Waals surface area contributed by atoms with E-state index < -0.39 is 0 Å². The van der Waals surface area contributed by atoms with E-state index in [0.717, 1.165) is 49.5 Å². The number of tetrazole rings is 1. The summed E-state index contributed by atoms with van der Waals surface area (Å²) < 4.78 is 1.60. The molecule has 0 bridgehead atoms. The van der Waals surface area contributed by atoms with Crippen LogP contribution in [0.15, 0.2) is 54.9 Å². The van der Waals surface area contributed by atoms with Crippen LogP contribution in [0.2, 0.25) is 0 Å². The van der Waals surface area contributed by atoms with Gasteiger partial charge in [-0.15, -0.1) is 5.10 Å². The quantitative estimate of drug-likeness (QED) is 0.648. The highest BCUT2D eigenvalue weighted by Gasteiger charge is 2.22. The Morgan fingerprint density at radius 1 is 1.00 bits per heavy atom. The van der Waals surface area contributed by atoms with Crippen molar-refractivity contribution >= 4 is 5.91 Å². The van der Waals surface area contributed by atoms with Crippen molar-refractivity contribution in [1.82, 2.24) is 25.1 Å². The van der Waals surface area contributed by atoms with Crippen LogP contribution >= 0.6 is 0 Å². The van der Waals surface area contributed by atoms with Crippen LogP contribution in [-0.4, -0.2) is 44.1 Å². The van der Waals surface area contributed by atoms with Crippen molar-refractivity contribution in [2.24, 2.45) is 5.92 Å². The number of rotatable bonds is 6. The molecule has 6 nitrogen and oxygen atoms in total. The third-order valence-corrected chi connectivity index (χ3v) is 5.83. The smallest absolute Gasteiger partial charge is 0.226 e. The van der Waals surface area contributed by atoms with Crippen LogP contribution in [0.5, 0.6) is 0 Å². The maximum atomic E-state index is 12.7. The lowest BCUT2D eigenvalue weighted by Gasteiger charge is -2.32. The van der Waals surface area contributed by atoms with E-state index in [9.17, 15) is 4.79 Å². The maximum Gasteiger partial charge on any atom is 0.226 e. The number of likely N-dealkylation sites (tertiary alicyclic amines) is 1. The minimum absolute atomic E-state index is 0.220. The first-order chi connectivity index (χ1) is 14.2. The Kier molecular flexibility index (Phi) is 5.98. The average molecular weight is 390 g/mol. The molecular weight excluding hydrogens is 362 g/mol. The summed E-state index contributed by atoms with van der Waals surface area (Å²) in [5.74, 6) is 0.938. The van der Waals surface area contributed by atoms with E-state index in [0.29, 0.717) is 6.42 Å². The van der Waals surface area contributed by atoms with Gasteiger partial charge in [0, 0.05) is 13.1 Å². The van der Waals surface area contributed by atoms with Crippen LogP contribution in [0.4, 0.5) is 0 Å². The highest BCUT2D eigenvalue weighted by atomic mass is 16.2. The van der Waals surface area contributed by atoms with Gasteiger partial charge < -0.3 is 4.90 Å². The van der Waals surface area contributed by atoms with Crippen molar-refractivity contribution in [2.45, 2.75) is 39.0 Å². The molecule has 0 atom stereocenters. The average Bonchev–Trinajstić information content (AvgIpc) is 3.29. The van der Waals surface area contributed by atoms with E-state index in [1.807, 2.05) is 29.2 Å². The molecular formula is C23H27N5O. The van der Waals surface area contributed by atoms with Gasteiger partial charge in [0.2, 0.25) is 5.91 Å². The number of aromatic nitrogens is 4. The molecule has 1 fully saturated rings. The van der Waals surface area contributed by atoms with Crippen LogP contribution in [0.3, 0.4) is 0 Å². The van der Waals surface area contributed by atoms with Crippen molar-refractivity contribution in [3.05, 3.63) is 71.5 Å². The number of nitrogens with zero attached hydrogens (tertiary/aromatic N) is 5. The van der Waals surface area contributed by atoms with Gasteiger partial charge in [-0.3, -0.25) is 4.79 Å². The third-order valence-electron chi connectivity index (χ3n) is 5.83. The summed E-state index contributed by atoms with van der Waals surface area (Å²) in [6.07, 6.45) is 6.56. The summed E-state index contributed by atoms with van der Waals surface area (Å²) in [6.45, 7) is 3.87. The Hall–Kier alpha value is -3.02. The van der Waals surface area contributed by atoms with Crippen LogP contribution in [-0.2, 0) is 17.6 Å².